The summed E-state index contributed by atoms with van der Waals surface area (Å²) in [5.41, 5.74) is 2.66. The number of nitrogens with zero attached hydrogens (tertiary/aromatic N) is 8. The maximum absolute atomic E-state index is 13.1. The second-order valence-electron chi connectivity index (χ2n) is 9.38. The van der Waals surface area contributed by atoms with Gasteiger partial charge in [-0.15, -0.1) is 27.8 Å². The molecule has 0 radical (unpaired) electrons. The van der Waals surface area contributed by atoms with Gasteiger partial charge in [-0.2, -0.15) is 0 Å². The molecule has 0 saturated carbocycles. The van der Waals surface area contributed by atoms with Crippen LogP contribution in [0.1, 0.15) is 48.8 Å². The average molecular weight is 515 g/mol. The molecular weight excluding hydrogens is 484 g/mol. The van der Waals surface area contributed by atoms with E-state index in [1.807, 2.05) is 28.1 Å². The van der Waals surface area contributed by atoms with Gasteiger partial charge in [-0.25, -0.2) is 14.6 Å². The lowest BCUT2D eigenvalue weighted by Crippen LogP contribution is -2.57. The molecule has 5 heterocycles. The van der Waals surface area contributed by atoms with E-state index in [-0.39, 0.29) is 30.3 Å². The monoisotopic (exact) mass is 514 g/mol. The van der Waals surface area contributed by atoms with Gasteiger partial charge >= 0.3 is 0 Å². The van der Waals surface area contributed by atoms with Gasteiger partial charge in [0.15, 0.2) is 5.13 Å². The van der Waals surface area contributed by atoms with E-state index in [0.717, 1.165) is 35.1 Å². The molecule has 12 heteroatoms. The number of piperazine rings is 1. The summed E-state index contributed by atoms with van der Waals surface area (Å²) in [5, 5.41) is 14.3. The SMILES string of the molecule is Cc1nc(Cn2cc(CN3[C@H](C)CN(C(=O)Cc4csc(N5CCCC5=O)n4)C[C@@H]3C)nn2)cs1. The van der Waals surface area contributed by atoms with Crippen molar-refractivity contribution in [2.75, 3.05) is 24.5 Å². The number of hydrogen-bond acceptors (Lipinski definition) is 9. The van der Waals surface area contributed by atoms with E-state index < -0.39 is 0 Å². The number of hydrogen-bond donors (Lipinski definition) is 0. The number of carbonyl (C=O) groups is 2. The number of anilines is 1. The molecule has 3 aromatic rings. The van der Waals surface area contributed by atoms with Crippen LogP contribution in [-0.2, 0) is 29.1 Å². The van der Waals surface area contributed by atoms with E-state index in [4.69, 9.17) is 0 Å². The van der Waals surface area contributed by atoms with Gasteiger partial charge in [0.05, 0.1) is 41.3 Å². The molecule has 2 aliphatic heterocycles. The molecule has 2 atom stereocenters. The first-order valence-corrected chi connectivity index (χ1v) is 13.7. The molecule has 3 aromatic heterocycles. The third-order valence-corrected chi connectivity index (χ3v) is 8.29. The Morgan fingerprint density at radius 3 is 2.51 bits per heavy atom. The lowest BCUT2D eigenvalue weighted by Gasteiger charge is -2.44. The number of thiazole rings is 2. The van der Waals surface area contributed by atoms with Crippen molar-refractivity contribution >= 4 is 39.6 Å². The Balaban J connectivity index is 1.15. The minimum absolute atomic E-state index is 0.0810. The van der Waals surface area contributed by atoms with Crippen molar-refractivity contribution in [3.05, 3.63) is 39.0 Å². The molecule has 0 aromatic carbocycles. The van der Waals surface area contributed by atoms with Crippen LogP contribution < -0.4 is 4.90 Å². The van der Waals surface area contributed by atoms with Gasteiger partial charge < -0.3 is 4.90 Å². The molecule has 0 N–H and O–H groups in total. The Kier molecular flexibility index (Phi) is 6.94. The predicted molar refractivity (Wildman–Crippen MR) is 134 cm³/mol. The summed E-state index contributed by atoms with van der Waals surface area (Å²) in [6.45, 7) is 9.66. The van der Waals surface area contributed by atoms with E-state index in [0.29, 0.717) is 37.7 Å². The lowest BCUT2D eigenvalue weighted by molar-refractivity contribution is -0.135. The normalized spacial score (nSPS) is 21.3. The summed E-state index contributed by atoms with van der Waals surface area (Å²) in [6.07, 6.45) is 3.70. The number of carbonyl (C=O) groups excluding carboxylic acids is 2. The molecular formula is C23H30N8O2S2. The van der Waals surface area contributed by atoms with E-state index in [1.165, 1.54) is 11.3 Å². The van der Waals surface area contributed by atoms with Crippen LogP contribution in [0.2, 0.25) is 0 Å². The topological polar surface area (TPSA) is 100 Å². The van der Waals surface area contributed by atoms with Crippen molar-refractivity contribution in [1.29, 1.82) is 0 Å². The Labute approximate surface area is 212 Å². The third-order valence-electron chi connectivity index (χ3n) is 6.55. The molecule has 5 rings (SSSR count). The zero-order valence-corrected chi connectivity index (χ0v) is 21.9. The predicted octanol–water partition coefficient (Wildman–Crippen LogP) is 2.34. The van der Waals surface area contributed by atoms with Crippen LogP contribution in [0.25, 0.3) is 0 Å². The van der Waals surface area contributed by atoms with Crippen LogP contribution in [0.3, 0.4) is 0 Å². The molecule has 35 heavy (non-hydrogen) atoms. The molecule has 10 nitrogen and oxygen atoms in total. The maximum Gasteiger partial charge on any atom is 0.228 e. The standard InChI is InChI=1S/C23H30N8O2S2/c1-15-8-28(22(33)7-18-13-35-23(25-18)30-6-4-5-21(30)32)9-16(2)31(15)12-19-10-29(27-26-19)11-20-14-34-17(3)24-20/h10,13-16H,4-9,11-12H2,1-3H3/t15-,16+. The quantitative estimate of drug-likeness (QED) is 0.477. The smallest absolute Gasteiger partial charge is 0.228 e. The average Bonchev–Trinajstić information content (AvgIpc) is 3.61. The zero-order chi connectivity index (χ0) is 24.5. The molecule has 0 aliphatic carbocycles. The van der Waals surface area contributed by atoms with Crippen molar-refractivity contribution < 1.29 is 9.59 Å². The van der Waals surface area contributed by atoms with Crippen LogP contribution >= 0.6 is 22.7 Å². The van der Waals surface area contributed by atoms with Crippen LogP contribution in [0.5, 0.6) is 0 Å². The first kappa shape index (κ1) is 24.0. The minimum Gasteiger partial charge on any atom is -0.339 e. The molecule has 2 fully saturated rings. The van der Waals surface area contributed by atoms with Gasteiger partial charge in [0.2, 0.25) is 11.8 Å². The fourth-order valence-electron chi connectivity index (χ4n) is 4.81. The summed E-state index contributed by atoms with van der Waals surface area (Å²) in [7, 11) is 0. The minimum atomic E-state index is 0.0810. The molecule has 0 bridgehead atoms. The molecule has 0 unspecified atom stereocenters. The number of aryl methyl sites for hydroxylation is 1. The van der Waals surface area contributed by atoms with Crippen LogP contribution in [0, 0.1) is 6.92 Å². The van der Waals surface area contributed by atoms with Crippen LogP contribution in [-0.4, -0.2) is 78.3 Å². The largest absolute Gasteiger partial charge is 0.339 e. The van der Waals surface area contributed by atoms with Gasteiger partial charge in [0.1, 0.15) is 0 Å². The second-order valence-corrected chi connectivity index (χ2v) is 11.3. The van der Waals surface area contributed by atoms with Crippen molar-refractivity contribution in [2.45, 2.75) is 65.2 Å². The number of amides is 2. The van der Waals surface area contributed by atoms with Gasteiger partial charge in [0, 0.05) is 55.4 Å². The number of rotatable bonds is 7. The molecule has 2 saturated heterocycles. The van der Waals surface area contributed by atoms with E-state index in [1.54, 1.807) is 16.2 Å². The Bertz CT molecular complexity index is 1190. The van der Waals surface area contributed by atoms with Gasteiger partial charge in [-0.1, -0.05) is 5.21 Å². The third kappa shape index (κ3) is 5.44. The highest BCUT2D eigenvalue weighted by Gasteiger charge is 2.33. The summed E-state index contributed by atoms with van der Waals surface area (Å²) in [6, 6.07) is 0.393. The Hall–Kier alpha value is -2.70. The van der Waals surface area contributed by atoms with Gasteiger partial charge in [-0.3, -0.25) is 19.4 Å². The summed E-state index contributed by atoms with van der Waals surface area (Å²) in [5.74, 6) is 0.201. The highest BCUT2D eigenvalue weighted by atomic mass is 32.1. The summed E-state index contributed by atoms with van der Waals surface area (Å²) in [4.78, 5) is 40.1. The van der Waals surface area contributed by atoms with E-state index >= 15 is 0 Å². The van der Waals surface area contributed by atoms with Crippen molar-refractivity contribution in [3.63, 3.8) is 0 Å². The molecule has 2 aliphatic rings. The zero-order valence-electron chi connectivity index (χ0n) is 20.3. The van der Waals surface area contributed by atoms with E-state index in [2.05, 4.69) is 44.4 Å². The fraction of sp³-hybridized carbons (Fsp3) is 0.565. The fourth-order valence-corrected chi connectivity index (χ4v) is 6.28. The summed E-state index contributed by atoms with van der Waals surface area (Å²) >= 11 is 3.08. The molecule has 2 amide bonds. The first-order chi connectivity index (χ1) is 16.9. The Morgan fingerprint density at radius 1 is 1.06 bits per heavy atom. The van der Waals surface area contributed by atoms with Crippen molar-refractivity contribution in [2.24, 2.45) is 0 Å². The van der Waals surface area contributed by atoms with Crippen LogP contribution in [0.15, 0.2) is 17.0 Å². The maximum atomic E-state index is 13.1. The van der Waals surface area contributed by atoms with Crippen molar-refractivity contribution in [1.82, 2.24) is 34.8 Å². The van der Waals surface area contributed by atoms with Gasteiger partial charge in [-0.05, 0) is 27.2 Å². The van der Waals surface area contributed by atoms with Gasteiger partial charge in [0.25, 0.3) is 0 Å². The molecule has 0 spiro atoms. The molecule has 186 valence electrons. The number of aromatic nitrogens is 5. The summed E-state index contributed by atoms with van der Waals surface area (Å²) < 4.78 is 1.83. The lowest BCUT2D eigenvalue weighted by atomic mass is 10.1. The Morgan fingerprint density at radius 2 is 1.83 bits per heavy atom. The van der Waals surface area contributed by atoms with Crippen molar-refractivity contribution in [3.8, 4) is 0 Å². The highest BCUT2D eigenvalue weighted by Crippen LogP contribution is 2.26. The van der Waals surface area contributed by atoms with Crippen LogP contribution in [0.4, 0.5) is 5.13 Å². The highest BCUT2D eigenvalue weighted by molar-refractivity contribution is 7.14. The second kappa shape index (κ2) is 10.1. The first-order valence-electron chi connectivity index (χ1n) is 11.9. The van der Waals surface area contributed by atoms with E-state index in [9.17, 15) is 9.59 Å².